The van der Waals surface area contributed by atoms with Crippen molar-refractivity contribution in [2.24, 2.45) is 5.41 Å². The highest BCUT2D eigenvalue weighted by atomic mass is 32.1. The van der Waals surface area contributed by atoms with Crippen LogP contribution in [0.1, 0.15) is 78.6 Å². The van der Waals surface area contributed by atoms with Crippen LogP contribution in [-0.4, -0.2) is 19.0 Å². The molecule has 0 heterocycles. The van der Waals surface area contributed by atoms with Crippen molar-refractivity contribution >= 4 is 12.6 Å². The molecule has 0 aromatic rings. The van der Waals surface area contributed by atoms with Crippen LogP contribution < -0.4 is 0 Å². The van der Waals surface area contributed by atoms with E-state index in [2.05, 4.69) is 33.4 Å². The number of ether oxygens (including phenoxy) is 1. The SMILES string of the molecule is CCCCCCCOCC(CS)(CCC)CCC. The summed E-state index contributed by atoms with van der Waals surface area (Å²) in [4.78, 5) is 0. The van der Waals surface area contributed by atoms with Crippen LogP contribution in [0.5, 0.6) is 0 Å². The van der Waals surface area contributed by atoms with Gasteiger partial charge >= 0.3 is 0 Å². The molecule has 0 fully saturated rings. The van der Waals surface area contributed by atoms with Crippen molar-refractivity contribution in [3.63, 3.8) is 0 Å². The lowest BCUT2D eigenvalue weighted by Gasteiger charge is -2.31. The van der Waals surface area contributed by atoms with E-state index in [4.69, 9.17) is 4.74 Å². The lowest BCUT2D eigenvalue weighted by Crippen LogP contribution is -2.29. The van der Waals surface area contributed by atoms with Crippen molar-refractivity contribution in [2.75, 3.05) is 19.0 Å². The molecule has 0 aliphatic rings. The lowest BCUT2D eigenvalue weighted by molar-refractivity contribution is 0.0429. The topological polar surface area (TPSA) is 9.23 Å². The van der Waals surface area contributed by atoms with Crippen molar-refractivity contribution in [1.29, 1.82) is 0 Å². The fourth-order valence-corrected chi connectivity index (χ4v) is 3.04. The molecule has 0 spiro atoms. The molecular formula is C16H34OS. The van der Waals surface area contributed by atoms with Crippen LogP contribution in [0.3, 0.4) is 0 Å². The van der Waals surface area contributed by atoms with Gasteiger partial charge in [0, 0.05) is 12.0 Å². The second-order valence-electron chi connectivity index (χ2n) is 5.62. The fourth-order valence-electron chi connectivity index (χ4n) is 2.63. The quantitative estimate of drug-likeness (QED) is 0.345. The summed E-state index contributed by atoms with van der Waals surface area (Å²) in [6.45, 7) is 8.63. The first kappa shape index (κ1) is 18.3. The molecule has 0 aromatic carbocycles. The summed E-state index contributed by atoms with van der Waals surface area (Å²) in [7, 11) is 0. The molecule has 18 heavy (non-hydrogen) atoms. The van der Waals surface area contributed by atoms with Crippen molar-refractivity contribution in [2.45, 2.75) is 78.6 Å². The molecule has 0 bridgehead atoms. The van der Waals surface area contributed by atoms with Crippen LogP contribution in [0.2, 0.25) is 0 Å². The van der Waals surface area contributed by atoms with E-state index in [0.717, 1.165) is 19.0 Å². The first-order chi connectivity index (χ1) is 8.74. The van der Waals surface area contributed by atoms with Crippen LogP contribution in [0.15, 0.2) is 0 Å². The second-order valence-corrected chi connectivity index (χ2v) is 5.94. The summed E-state index contributed by atoms with van der Waals surface area (Å²) < 4.78 is 5.93. The standard InChI is InChI=1S/C16H34OS/c1-4-7-8-9-10-13-17-14-16(15-18,11-5-2)12-6-3/h18H,4-15H2,1-3H3. The van der Waals surface area contributed by atoms with Crippen LogP contribution in [-0.2, 0) is 4.74 Å². The Balaban J connectivity index is 3.75. The number of hydrogen-bond acceptors (Lipinski definition) is 2. The lowest BCUT2D eigenvalue weighted by atomic mass is 9.82. The van der Waals surface area contributed by atoms with Gasteiger partial charge in [0.1, 0.15) is 0 Å². The third-order valence-corrected chi connectivity index (χ3v) is 4.37. The van der Waals surface area contributed by atoms with Gasteiger partial charge in [0.15, 0.2) is 0 Å². The predicted molar refractivity (Wildman–Crippen MR) is 85.7 cm³/mol. The van der Waals surface area contributed by atoms with Crippen LogP contribution in [0, 0.1) is 5.41 Å². The third-order valence-electron chi connectivity index (χ3n) is 3.70. The van der Waals surface area contributed by atoms with Crippen molar-refractivity contribution < 1.29 is 4.74 Å². The van der Waals surface area contributed by atoms with E-state index < -0.39 is 0 Å². The van der Waals surface area contributed by atoms with Gasteiger partial charge in [-0.15, -0.1) is 0 Å². The van der Waals surface area contributed by atoms with Gasteiger partial charge in [-0.2, -0.15) is 12.6 Å². The zero-order valence-corrected chi connectivity index (χ0v) is 13.7. The molecule has 0 aromatic heterocycles. The maximum atomic E-state index is 5.93. The first-order valence-electron chi connectivity index (χ1n) is 7.93. The Morgan fingerprint density at radius 2 is 1.44 bits per heavy atom. The van der Waals surface area contributed by atoms with Gasteiger partial charge in [-0.1, -0.05) is 59.3 Å². The summed E-state index contributed by atoms with van der Waals surface area (Å²) >= 11 is 4.56. The van der Waals surface area contributed by atoms with E-state index >= 15 is 0 Å². The molecule has 0 radical (unpaired) electrons. The van der Waals surface area contributed by atoms with Crippen LogP contribution in [0.25, 0.3) is 0 Å². The molecule has 0 saturated heterocycles. The van der Waals surface area contributed by atoms with E-state index in [1.807, 2.05) is 0 Å². The molecule has 1 nitrogen and oxygen atoms in total. The highest BCUT2D eigenvalue weighted by Gasteiger charge is 2.26. The molecule has 0 atom stereocenters. The minimum absolute atomic E-state index is 0.329. The minimum Gasteiger partial charge on any atom is -0.381 e. The van der Waals surface area contributed by atoms with E-state index in [9.17, 15) is 0 Å². The van der Waals surface area contributed by atoms with Gasteiger partial charge in [-0.05, 0) is 25.0 Å². The van der Waals surface area contributed by atoms with Gasteiger partial charge in [-0.25, -0.2) is 0 Å². The van der Waals surface area contributed by atoms with E-state index in [1.165, 1.54) is 57.8 Å². The molecule has 0 aliphatic carbocycles. The molecule has 0 aliphatic heterocycles. The smallest absolute Gasteiger partial charge is 0.0530 e. The summed E-state index contributed by atoms with van der Waals surface area (Å²) in [5.41, 5.74) is 0.329. The fraction of sp³-hybridized carbons (Fsp3) is 1.00. The molecule has 0 N–H and O–H groups in total. The Kier molecular flexibility index (Phi) is 12.6. The summed E-state index contributed by atoms with van der Waals surface area (Å²) in [6.07, 6.45) is 11.6. The maximum absolute atomic E-state index is 5.93. The zero-order chi connectivity index (χ0) is 13.7. The van der Waals surface area contributed by atoms with Gasteiger partial charge in [0.05, 0.1) is 6.61 Å². The normalized spacial score (nSPS) is 12.0. The number of unbranched alkanes of at least 4 members (excludes halogenated alkanes) is 4. The van der Waals surface area contributed by atoms with Gasteiger partial charge in [0.2, 0.25) is 0 Å². The van der Waals surface area contributed by atoms with Crippen molar-refractivity contribution in [3.8, 4) is 0 Å². The second kappa shape index (κ2) is 12.3. The Bertz CT molecular complexity index is 164. The highest BCUT2D eigenvalue weighted by molar-refractivity contribution is 7.80. The number of hydrogen-bond donors (Lipinski definition) is 1. The van der Waals surface area contributed by atoms with Gasteiger partial charge in [-0.3, -0.25) is 0 Å². The molecule has 0 saturated carbocycles. The Hall–Kier alpha value is 0.310. The Morgan fingerprint density at radius 3 is 1.94 bits per heavy atom. The van der Waals surface area contributed by atoms with E-state index in [1.54, 1.807) is 0 Å². The summed E-state index contributed by atoms with van der Waals surface area (Å²) in [6, 6.07) is 0. The predicted octanol–water partition coefficient (Wildman–Crippen LogP) is 5.49. The van der Waals surface area contributed by atoms with Crippen LogP contribution in [0.4, 0.5) is 0 Å². The zero-order valence-electron chi connectivity index (χ0n) is 12.8. The summed E-state index contributed by atoms with van der Waals surface area (Å²) in [5, 5.41) is 0. The van der Waals surface area contributed by atoms with Crippen LogP contribution >= 0.6 is 12.6 Å². The average Bonchev–Trinajstić information content (AvgIpc) is 2.38. The van der Waals surface area contributed by atoms with Crippen molar-refractivity contribution in [3.05, 3.63) is 0 Å². The van der Waals surface area contributed by atoms with Crippen molar-refractivity contribution in [1.82, 2.24) is 0 Å². The Labute approximate surface area is 120 Å². The minimum atomic E-state index is 0.329. The molecule has 0 unspecified atom stereocenters. The largest absolute Gasteiger partial charge is 0.381 e. The first-order valence-corrected chi connectivity index (χ1v) is 8.56. The molecule has 110 valence electrons. The maximum Gasteiger partial charge on any atom is 0.0530 e. The van der Waals surface area contributed by atoms with E-state index in [-0.39, 0.29) is 0 Å². The molecule has 2 heteroatoms. The Morgan fingerprint density at radius 1 is 0.833 bits per heavy atom. The third kappa shape index (κ3) is 8.42. The molecule has 0 amide bonds. The number of thiol groups is 1. The molecule has 0 rings (SSSR count). The highest BCUT2D eigenvalue weighted by Crippen LogP contribution is 2.31. The van der Waals surface area contributed by atoms with Gasteiger partial charge in [0.25, 0.3) is 0 Å². The average molecular weight is 275 g/mol. The monoisotopic (exact) mass is 274 g/mol. The molecular weight excluding hydrogens is 240 g/mol. The van der Waals surface area contributed by atoms with Gasteiger partial charge < -0.3 is 4.74 Å². The number of rotatable bonds is 13. The summed E-state index contributed by atoms with van der Waals surface area (Å²) in [5.74, 6) is 0.963. The van der Waals surface area contributed by atoms with E-state index in [0.29, 0.717) is 5.41 Å².